The van der Waals surface area contributed by atoms with Gasteiger partial charge in [0, 0.05) is 0 Å². The van der Waals surface area contributed by atoms with Gasteiger partial charge in [0.05, 0.1) is 3.23 Å². The molecule has 0 spiro atoms. The fraction of sp³-hybridized carbons (Fsp3) is 1.00. The molecule has 0 unspecified atom stereocenters. The Morgan fingerprint density at radius 1 is 1.22 bits per heavy atom. The van der Waals surface area contributed by atoms with Crippen LogP contribution in [0.25, 0.3) is 0 Å². The topological polar surface area (TPSA) is 0 Å². The third kappa shape index (κ3) is 8.96. The van der Waals surface area contributed by atoms with Gasteiger partial charge in [0.1, 0.15) is 0 Å². The Kier molecular flexibility index (Phi) is 5.23. The highest BCUT2D eigenvalue weighted by atomic mass is 79.9. The number of alkyl halides is 2. The number of hydrogen-bond acceptors (Lipinski definition) is 0. The molecule has 0 amide bonds. The minimum absolute atomic E-state index is 0.176. The quantitative estimate of drug-likeness (QED) is 0.526. The molecular formula is C7H14Br2. The maximum atomic E-state index is 3.53. The molecule has 56 valence electrons. The molecular weight excluding hydrogens is 244 g/mol. The molecule has 0 bridgehead atoms. The van der Waals surface area contributed by atoms with Crippen LogP contribution in [0.1, 0.15) is 39.5 Å². The van der Waals surface area contributed by atoms with E-state index in [1.165, 1.54) is 25.7 Å². The Morgan fingerprint density at radius 2 is 1.78 bits per heavy atom. The van der Waals surface area contributed by atoms with Crippen LogP contribution in [0.15, 0.2) is 0 Å². The maximum Gasteiger partial charge on any atom is 0.0777 e. The van der Waals surface area contributed by atoms with E-state index in [2.05, 4.69) is 45.7 Å². The smallest absolute Gasteiger partial charge is 0.0730 e. The summed E-state index contributed by atoms with van der Waals surface area (Å²) in [4.78, 5) is 0. The van der Waals surface area contributed by atoms with E-state index >= 15 is 0 Å². The second kappa shape index (κ2) is 4.73. The molecule has 0 rings (SSSR count). The first-order valence-electron chi connectivity index (χ1n) is 3.44. The van der Waals surface area contributed by atoms with Gasteiger partial charge < -0.3 is 0 Å². The summed E-state index contributed by atoms with van der Waals surface area (Å²) in [6.07, 6.45) is 5.16. The van der Waals surface area contributed by atoms with Crippen LogP contribution in [0.4, 0.5) is 0 Å². The first-order valence-corrected chi connectivity index (χ1v) is 5.02. The average molecular weight is 258 g/mol. The van der Waals surface area contributed by atoms with Crippen molar-refractivity contribution in [3.05, 3.63) is 0 Å². The van der Waals surface area contributed by atoms with Gasteiger partial charge in [0.15, 0.2) is 0 Å². The predicted octanol–water partition coefficient (Wildman–Crippen LogP) is 4.07. The molecule has 0 aromatic carbocycles. The van der Waals surface area contributed by atoms with Crippen molar-refractivity contribution in [2.45, 2.75) is 42.8 Å². The third-order valence-corrected chi connectivity index (χ3v) is 2.01. The molecule has 0 aromatic rings. The van der Waals surface area contributed by atoms with Crippen molar-refractivity contribution in [1.29, 1.82) is 0 Å². The Morgan fingerprint density at radius 3 is 2.11 bits per heavy atom. The largest absolute Gasteiger partial charge is 0.0777 e. The van der Waals surface area contributed by atoms with Crippen molar-refractivity contribution in [3.63, 3.8) is 0 Å². The molecule has 0 nitrogen and oxygen atoms in total. The molecule has 0 aliphatic carbocycles. The molecule has 0 N–H and O–H groups in total. The minimum atomic E-state index is 0.176. The van der Waals surface area contributed by atoms with Crippen molar-refractivity contribution >= 4 is 31.9 Å². The standard InChI is InChI=1S/C7H14Br2/c1-3-4-5-6-7(2,8)9/h3-6H2,1-2H3. The predicted molar refractivity (Wildman–Crippen MR) is 50.4 cm³/mol. The fourth-order valence-corrected chi connectivity index (χ4v) is 1.25. The second-order valence-corrected chi connectivity index (χ2v) is 7.09. The number of hydrogen-bond donors (Lipinski definition) is 0. The van der Waals surface area contributed by atoms with E-state index in [1.807, 2.05) is 0 Å². The summed E-state index contributed by atoms with van der Waals surface area (Å²) < 4.78 is 0.176. The van der Waals surface area contributed by atoms with E-state index in [0.717, 1.165) is 0 Å². The van der Waals surface area contributed by atoms with Crippen molar-refractivity contribution in [2.24, 2.45) is 0 Å². The second-order valence-electron chi connectivity index (χ2n) is 2.53. The van der Waals surface area contributed by atoms with E-state index < -0.39 is 0 Å². The lowest BCUT2D eigenvalue weighted by molar-refractivity contribution is 0.654. The lowest BCUT2D eigenvalue weighted by Crippen LogP contribution is -2.02. The van der Waals surface area contributed by atoms with Crippen LogP contribution >= 0.6 is 31.9 Å². The Hall–Kier alpha value is 0.960. The third-order valence-electron chi connectivity index (χ3n) is 1.22. The SMILES string of the molecule is CCCCCC(C)(Br)Br. The van der Waals surface area contributed by atoms with Gasteiger partial charge in [0.25, 0.3) is 0 Å². The van der Waals surface area contributed by atoms with Gasteiger partial charge in [-0.3, -0.25) is 0 Å². The number of halogens is 2. The molecule has 0 saturated carbocycles. The molecule has 0 aliphatic heterocycles. The number of rotatable bonds is 4. The Balaban J connectivity index is 3.07. The molecule has 0 radical (unpaired) electrons. The van der Waals surface area contributed by atoms with E-state index in [4.69, 9.17) is 0 Å². The van der Waals surface area contributed by atoms with Crippen molar-refractivity contribution in [1.82, 2.24) is 0 Å². The minimum Gasteiger partial charge on any atom is -0.0730 e. The van der Waals surface area contributed by atoms with Crippen molar-refractivity contribution in [3.8, 4) is 0 Å². The molecule has 0 atom stereocenters. The van der Waals surface area contributed by atoms with Gasteiger partial charge in [-0.15, -0.1) is 0 Å². The maximum absolute atomic E-state index is 3.53. The van der Waals surface area contributed by atoms with Gasteiger partial charge in [-0.25, -0.2) is 0 Å². The lowest BCUT2D eigenvalue weighted by atomic mass is 10.2. The van der Waals surface area contributed by atoms with Crippen LogP contribution in [-0.2, 0) is 0 Å². The first kappa shape index (κ1) is 9.96. The summed E-state index contributed by atoms with van der Waals surface area (Å²) in [7, 11) is 0. The lowest BCUT2D eigenvalue weighted by Gasteiger charge is -2.12. The average Bonchev–Trinajstić information content (AvgIpc) is 1.63. The molecule has 0 fully saturated rings. The molecule has 0 aromatic heterocycles. The Labute approximate surface area is 74.7 Å². The number of unbranched alkanes of at least 4 members (excludes halogenated alkanes) is 2. The molecule has 0 saturated heterocycles. The van der Waals surface area contributed by atoms with Gasteiger partial charge >= 0.3 is 0 Å². The highest BCUT2D eigenvalue weighted by Crippen LogP contribution is 2.30. The van der Waals surface area contributed by atoms with E-state index in [0.29, 0.717) is 0 Å². The van der Waals surface area contributed by atoms with Crippen LogP contribution in [0.3, 0.4) is 0 Å². The summed E-state index contributed by atoms with van der Waals surface area (Å²) in [6, 6.07) is 0. The van der Waals surface area contributed by atoms with E-state index in [1.54, 1.807) is 0 Å². The van der Waals surface area contributed by atoms with Crippen LogP contribution in [0.5, 0.6) is 0 Å². The summed E-state index contributed by atoms with van der Waals surface area (Å²) in [5.41, 5.74) is 0. The first-order chi connectivity index (χ1) is 4.06. The zero-order valence-electron chi connectivity index (χ0n) is 6.08. The van der Waals surface area contributed by atoms with Gasteiger partial charge in [0.2, 0.25) is 0 Å². The zero-order chi connectivity index (χ0) is 7.33. The normalized spacial score (nSPS) is 12.0. The molecule has 0 heterocycles. The van der Waals surface area contributed by atoms with Gasteiger partial charge in [-0.2, -0.15) is 0 Å². The summed E-state index contributed by atoms with van der Waals surface area (Å²) in [5, 5.41) is 0. The van der Waals surface area contributed by atoms with Crippen LogP contribution < -0.4 is 0 Å². The highest BCUT2D eigenvalue weighted by Gasteiger charge is 2.12. The molecule has 2 heteroatoms. The molecule has 9 heavy (non-hydrogen) atoms. The summed E-state index contributed by atoms with van der Waals surface area (Å²) in [6.45, 7) is 4.36. The monoisotopic (exact) mass is 256 g/mol. The zero-order valence-corrected chi connectivity index (χ0v) is 9.26. The van der Waals surface area contributed by atoms with Crippen LogP contribution in [-0.4, -0.2) is 3.23 Å². The fourth-order valence-electron chi connectivity index (χ4n) is 0.685. The summed E-state index contributed by atoms with van der Waals surface area (Å²) >= 11 is 7.05. The van der Waals surface area contributed by atoms with Crippen molar-refractivity contribution in [2.75, 3.05) is 0 Å². The van der Waals surface area contributed by atoms with E-state index in [-0.39, 0.29) is 3.23 Å². The summed E-state index contributed by atoms with van der Waals surface area (Å²) in [5.74, 6) is 0. The van der Waals surface area contributed by atoms with Crippen LogP contribution in [0.2, 0.25) is 0 Å². The van der Waals surface area contributed by atoms with Crippen molar-refractivity contribution < 1.29 is 0 Å². The highest BCUT2D eigenvalue weighted by molar-refractivity contribution is 9.25. The van der Waals surface area contributed by atoms with Crippen LogP contribution in [0, 0.1) is 0 Å². The Bertz CT molecular complexity index is 63.8. The molecule has 0 aliphatic rings. The van der Waals surface area contributed by atoms with Gasteiger partial charge in [-0.1, -0.05) is 58.0 Å². The van der Waals surface area contributed by atoms with E-state index in [9.17, 15) is 0 Å². The van der Waals surface area contributed by atoms with Gasteiger partial charge in [-0.05, 0) is 13.3 Å².